The van der Waals surface area contributed by atoms with Crippen molar-refractivity contribution in [1.82, 2.24) is 15.2 Å². The minimum Gasteiger partial charge on any atom is -0.354 e. The minimum absolute atomic E-state index is 0.130. The Kier molecular flexibility index (Phi) is 9.97. The molecule has 2 aromatic heterocycles. The standard InChI is InChI=1S/C31H35ClF5N5O3S2/c1-20(2)18-40-10-12-41(13-11-40)27-15-22(14-25(39-27)23-4-6-24(7-5-23)31(35,36)37)17-38-29(43)42(19-30(33,34)16-21(42)3)47(44,45)28-9-8-26(32)46-28/h4-9,14-15,20-21H,10-13,16-19H2,1-3H3/p+1/t21-,42?/m1/s1. The van der Waals surface area contributed by atoms with Crippen molar-refractivity contribution in [1.29, 1.82) is 0 Å². The quantitative estimate of drug-likeness (QED) is 0.198. The Balaban J connectivity index is 1.47. The molecule has 0 saturated carbocycles. The zero-order chi connectivity index (χ0) is 34.4. The highest BCUT2D eigenvalue weighted by molar-refractivity contribution is 7.88. The average molecular weight is 721 g/mol. The van der Waals surface area contributed by atoms with Crippen molar-refractivity contribution >= 4 is 44.8 Å². The molecule has 1 N–H and O–H groups in total. The van der Waals surface area contributed by atoms with E-state index in [-0.39, 0.29) is 15.1 Å². The van der Waals surface area contributed by atoms with Crippen LogP contribution in [0.4, 0.5) is 32.6 Å². The number of nitrogens with one attached hydrogen (secondary N) is 1. The molecule has 0 aliphatic carbocycles. The molecule has 1 aromatic carbocycles. The van der Waals surface area contributed by atoms with Crippen LogP contribution in [-0.4, -0.2) is 79.5 Å². The number of hydrogen-bond acceptors (Lipinski definition) is 7. The van der Waals surface area contributed by atoms with Crippen LogP contribution in [0.3, 0.4) is 0 Å². The SMILES string of the molecule is CC(C)CN1CCN(c2cc(CNC(=O)[N+]3(S(=O)(=O)c4ccc(Cl)s4)CC(F)(F)C[C@H]3C)cc(-c3ccc(C(F)(F)F)cc3)n2)CC1. The lowest BCUT2D eigenvalue weighted by atomic mass is 10.1. The zero-order valence-electron chi connectivity index (χ0n) is 26.0. The smallest absolute Gasteiger partial charge is 0.354 e. The summed E-state index contributed by atoms with van der Waals surface area (Å²) in [5, 5.41) is 2.59. The molecule has 47 heavy (non-hydrogen) atoms. The second-order valence-electron chi connectivity index (χ2n) is 12.5. The number of sulfonamides is 1. The van der Waals surface area contributed by atoms with Crippen LogP contribution in [0.1, 0.15) is 38.3 Å². The molecule has 256 valence electrons. The van der Waals surface area contributed by atoms with Gasteiger partial charge in [0.05, 0.1) is 22.0 Å². The van der Waals surface area contributed by atoms with Gasteiger partial charge in [0, 0.05) is 44.8 Å². The molecule has 0 radical (unpaired) electrons. The Morgan fingerprint density at radius 2 is 1.77 bits per heavy atom. The van der Waals surface area contributed by atoms with E-state index < -0.39 is 56.6 Å². The molecule has 2 atom stereocenters. The lowest BCUT2D eigenvalue weighted by Crippen LogP contribution is -2.62. The van der Waals surface area contributed by atoms with Crippen molar-refractivity contribution < 1.29 is 39.1 Å². The molecule has 3 aromatic rings. The van der Waals surface area contributed by atoms with Crippen molar-refractivity contribution in [2.75, 3.05) is 44.2 Å². The molecular weight excluding hydrogens is 685 g/mol. The van der Waals surface area contributed by atoms with Gasteiger partial charge in [-0.15, -0.1) is 15.2 Å². The van der Waals surface area contributed by atoms with Crippen LogP contribution in [0.5, 0.6) is 0 Å². The maximum absolute atomic E-state index is 14.8. The third-order valence-electron chi connectivity index (χ3n) is 8.49. The summed E-state index contributed by atoms with van der Waals surface area (Å²) in [5.74, 6) is -2.40. The number of amides is 2. The number of pyridine rings is 1. The Hall–Kier alpha value is -2.85. The molecule has 0 spiro atoms. The number of benzene rings is 1. The van der Waals surface area contributed by atoms with E-state index in [1.165, 1.54) is 31.2 Å². The third kappa shape index (κ3) is 7.43. The number of quaternary nitrogens is 1. The maximum atomic E-state index is 14.8. The monoisotopic (exact) mass is 720 g/mol. The van der Waals surface area contributed by atoms with Gasteiger partial charge in [0.2, 0.25) is 0 Å². The summed E-state index contributed by atoms with van der Waals surface area (Å²) in [4.78, 5) is 23.0. The van der Waals surface area contributed by atoms with Crippen LogP contribution in [0, 0.1) is 5.92 Å². The molecule has 2 fully saturated rings. The first-order valence-corrected chi connectivity index (χ1v) is 17.8. The van der Waals surface area contributed by atoms with Crippen LogP contribution < -0.4 is 10.2 Å². The van der Waals surface area contributed by atoms with Gasteiger partial charge in [-0.1, -0.05) is 37.6 Å². The van der Waals surface area contributed by atoms with Crippen LogP contribution in [0.2, 0.25) is 4.34 Å². The lowest BCUT2D eigenvalue weighted by molar-refractivity contribution is -0.738. The Morgan fingerprint density at radius 3 is 2.30 bits per heavy atom. The number of halogens is 6. The van der Waals surface area contributed by atoms with Gasteiger partial charge >= 0.3 is 28.2 Å². The number of likely N-dealkylation sites (tertiary alicyclic amines) is 1. The molecule has 2 aliphatic rings. The van der Waals surface area contributed by atoms with E-state index in [0.717, 1.165) is 31.8 Å². The number of thiophene rings is 1. The molecule has 2 aliphatic heterocycles. The topological polar surface area (TPSA) is 82.6 Å². The highest BCUT2D eigenvalue weighted by Gasteiger charge is 2.66. The molecule has 5 rings (SSSR count). The van der Waals surface area contributed by atoms with E-state index >= 15 is 0 Å². The molecule has 1 unspecified atom stereocenters. The predicted molar refractivity (Wildman–Crippen MR) is 171 cm³/mol. The number of piperazine rings is 1. The molecule has 0 bridgehead atoms. The largest absolute Gasteiger partial charge is 0.432 e. The lowest BCUT2D eigenvalue weighted by Gasteiger charge is -2.36. The molecule has 2 amide bonds. The summed E-state index contributed by atoms with van der Waals surface area (Å²) in [5.41, 5.74) is 0.399. The van der Waals surface area contributed by atoms with Gasteiger partial charge in [-0.2, -0.15) is 21.6 Å². The van der Waals surface area contributed by atoms with Gasteiger partial charge in [-0.25, -0.2) is 18.6 Å². The summed E-state index contributed by atoms with van der Waals surface area (Å²) >= 11 is 6.65. The Labute approximate surface area is 279 Å². The number of aromatic nitrogens is 1. The first-order chi connectivity index (χ1) is 21.9. The normalized spacial score (nSPS) is 22.2. The number of carbonyl (C=O) groups is 1. The van der Waals surface area contributed by atoms with E-state index in [1.807, 2.05) is 4.90 Å². The van der Waals surface area contributed by atoms with Gasteiger partial charge in [0.1, 0.15) is 11.9 Å². The second kappa shape index (κ2) is 13.2. The van der Waals surface area contributed by atoms with Crippen molar-refractivity contribution in [2.45, 2.75) is 56.1 Å². The number of alkyl halides is 5. The summed E-state index contributed by atoms with van der Waals surface area (Å²) in [6, 6.07) is 7.98. The van der Waals surface area contributed by atoms with Gasteiger partial charge in [0.15, 0.2) is 10.8 Å². The minimum atomic E-state index is -4.65. The number of anilines is 1. The first kappa shape index (κ1) is 35.5. The Bertz CT molecular complexity index is 1710. The summed E-state index contributed by atoms with van der Waals surface area (Å²) in [7, 11) is -4.65. The van der Waals surface area contributed by atoms with Crippen molar-refractivity contribution in [2.24, 2.45) is 5.92 Å². The van der Waals surface area contributed by atoms with E-state index in [2.05, 4.69) is 24.1 Å². The summed E-state index contributed by atoms with van der Waals surface area (Å²) in [6.45, 7) is 7.85. The maximum Gasteiger partial charge on any atom is 0.432 e. The van der Waals surface area contributed by atoms with Crippen molar-refractivity contribution in [3.05, 3.63) is 64.0 Å². The number of rotatable bonds is 8. The summed E-state index contributed by atoms with van der Waals surface area (Å²) < 4.78 is 95.3. The fourth-order valence-electron chi connectivity index (χ4n) is 6.24. The summed E-state index contributed by atoms with van der Waals surface area (Å²) in [6.07, 6.45) is -5.32. The van der Waals surface area contributed by atoms with Crippen LogP contribution in [0.25, 0.3) is 11.3 Å². The number of nitrogens with zero attached hydrogens (tertiary/aromatic N) is 4. The average Bonchev–Trinajstić information content (AvgIpc) is 3.55. The van der Waals surface area contributed by atoms with E-state index in [1.54, 1.807) is 12.1 Å². The van der Waals surface area contributed by atoms with Crippen molar-refractivity contribution in [3.8, 4) is 11.3 Å². The molecule has 8 nitrogen and oxygen atoms in total. The fourth-order valence-corrected chi connectivity index (χ4v) is 10.00. The highest BCUT2D eigenvalue weighted by atomic mass is 35.5. The van der Waals surface area contributed by atoms with Crippen LogP contribution in [-0.2, 0) is 22.7 Å². The number of urea groups is 1. The second-order valence-corrected chi connectivity index (χ2v) is 16.5. The van der Waals surface area contributed by atoms with Gasteiger partial charge in [-0.3, -0.25) is 4.90 Å². The number of carbonyl (C=O) groups excluding carboxylic acids is 1. The fraction of sp³-hybridized carbons (Fsp3) is 0.484. The van der Waals surface area contributed by atoms with E-state index in [4.69, 9.17) is 16.6 Å². The number of hydrogen-bond donors (Lipinski definition) is 1. The molecular formula is C31H36ClF5N5O3S2+. The van der Waals surface area contributed by atoms with E-state index in [9.17, 15) is 35.2 Å². The predicted octanol–water partition coefficient (Wildman–Crippen LogP) is 7.10. The van der Waals surface area contributed by atoms with Crippen molar-refractivity contribution in [3.63, 3.8) is 0 Å². The van der Waals surface area contributed by atoms with Crippen LogP contribution in [0.15, 0.2) is 52.7 Å². The third-order valence-corrected chi connectivity index (χ3v) is 12.6. The zero-order valence-corrected chi connectivity index (χ0v) is 28.4. The highest BCUT2D eigenvalue weighted by Crippen LogP contribution is 2.45. The molecule has 4 heterocycles. The molecule has 16 heteroatoms. The Morgan fingerprint density at radius 1 is 1.11 bits per heavy atom. The van der Waals surface area contributed by atoms with Crippen LogP contribution >= 0.6 is 22.9 Å². The van der Waals surface area contributed by atoms with Gasteiger partial charge in [-0.05, 0) is 54.8 Å². The van der Waals surface area contributed by atoms with E-state index in [0.29, 0.717) is 53.0 Å². The van der Waals surface area contributed by atoms with Gasteiger partial charge in [0.25, 0.3) is 0 Å². The molecule has 2 saturated heterocycles. The first-order valence-electron chi connectivity index (χ1n) is 15.1. The van der Waals surface area contributed by atoms with Gasteiger partial charge < -0.3 is 10.2 Å².